The molecule has 1 aromatic heterocycles. The summed E-state index contributed by atoms with van der Waals surface area (Å²) in [6.07, 6.45) is 0.832. The lowest BCUT2D eigenvalue weighted by atomic mass is 10.1. The maximum absolute atomic E-state index is 5.36. The first-order chi connectivity index (χ1) is 9.85. The Balaban J connectivity index is 2.10. The molecule has 1 unspecified atom stereocenters. The van der Waals surface area contributed by atoms with Crippen LogP contribution < -0.4 is 5.32 Å². The molecule has 1 aromatic carbocycles. The van der Waals surface area contributed by atoms with Crippen molar-refractivity contribution in [2.75, 3.05) is 19.8 Å². The fourth-order valence-corrected chi connectivity index (χ4v) is 2.91. The first-order valence-electron chi connectivity index (χ1n) is 7.03. The molecule has 0 spiro atoms. The molecule has 0 saturated heterocycles. The SMILES string of the molecule is CCNC(c1ccccc1)c1nnc(CCOCC)s1. The van der Waals surface area contributed by atoms with Gasteiger partial charge in [-0.3, -0.25) is 0 Å². The Morgan fingerprint density at radius 3 is 2.70 bits per heavy atom. The van der Waals surface area contributed by atoms with E-state index in [9.17, 15) is 0 Å². The van der Waals surface area contributed by atoms with Crippen LogP contribution in [0.3, 0.4) is 0 Å². The van der Waals surface area contributed by atoms with Gasteiger partial charge in [0, 0.05) is 13.0 Å². The molecule has 0 amide bonds. The summed E-state index contributed by atoms with van der Waals surface area (Å²) in [4.78, 5) is 0. The number of rotatable bonds is 8. The topological polar surface area (TPSA) is 47.0 Å². The Labute approximate surface area is 124 Å². The molecule has 1 heterocycles. The zero-order valence-electron chi connectivity index (χ0n) is 12.0. The number of nitrogens with zero attached hydrogens (tertiary/aromatic N) is 2. The third-order valence-corrected chi connectivity index (χ3v) is 3.98. The van der Waals surface area contributed by atoms with E-state index in [1.54, 1.807) is 11.3 Å². The summed E-state index contributed by atoms with van der Waals surface area (Å²) in [7, 11) is 0. The highest BCUT2D eigenvalue weighted by Crippen LogP contribution is 2.25. The van der Waals surface area contributed by atoms with E-state index in [2.05, 4.69) is 46.7 Å². The Morgan fingerprint density at radius 1 is 1.20 bits per heavy atom. The molecule has 0 fully saturated rings. The third-order valence-electron chi connectivity index (χ3n) is 2.93. The van der Waals surface area contributed by atoms with E-state index in [0.29, 0.717) is 6.61 Å². The first-order valence-corrected chi connectivity index (χ1v) is 7.85. The van der Waals surface area contributed by atoms with Crippen LogP contribution in [0.5, 0.6) is 0 Å². The highest BCUT2D eigenvalue weighted by Gasteiger charge is 2.17. The van der Waals surface area contributed by atoms with Gasteiger partial charge in [-0.05, 0) is 19.0 Å². The van der Waals surface area contributed by atoms with E-state index in [1.807, 2.05) is 13.0 Å². The van der Waals surface area contributed by atoms with Crippen LogP contribution in [-0.4, -0.2) is 30.0 Å². The first kappa shape index (κ1) is 15.1. The van der Waals surface area contributed by atoms with Crippen molar-refractivity contribution in [1.29, 1.82) is 0 Å². The van der Waals surface area contributed by atoms with Crippen LogP contribution in [-0.2, 0) is 11.2 Å². The van der Waals surface area contributed by atoms with Crippen molar-refractivity contribution in [2.24, 2.45) is 0 Å². The van der Waals surface area contributed by atoms with E-state index in [1.165, 1.54) is 5.56 Å². The average molecular weight is 291 g/mol. The summed E-state index contributed by atoms with van der Waals surface area (Å²) in [5.74, 6) is 0. The van der Waals surface area contributed by atoms with Gasteiger partial charge in [-0.15, -0.1) is 10.2 Å². The van der Waals surface area contributed by atoms with Gasteiger partial charge in [-0.2, -0.15) is 0 Å². The van der Waals surface area contributed by atoms with Crippen molar-refractivity contribution in [2.45, 2.75) is 26.3 Å². The Bertz CT molecular complexity index is 501. The smallest absolute Gasteiger partial charge is 0.139 e. The molecule has 0 radical (unpaired) electrons. The molecular formula is C15H21N3OS. The van der Waals surface area contributed by atoms with Crippen molar-refractivity contribution < 1.29 is 4.74 Å². The van der Waals surface area contributed by atoms with Crippen LogP contribution in [0.2, 0.25) is 0 Å². The predicted molar refractivity (Wildman–Crippen MR) is 82.1 cm³/mol. The Hall–Kier alpha value is -1.30. The van der Waals surface area contributed by atoms with Crippen LogP contribution in [0.15, 0.2) is 30.3 Å². The normalized spacial score (nSPS) is 12.5. The zero-order valence-corrected chi connectivity index (χ0v) is 12.8. The van der Waals surface area contributed by atoms with Gasteiger partial charge < -0.3 is 10.1 Å². The van der Waals surface area contributed by atoms with Crippen LogP contribution in [0.1, 0.15) is 35.5 Å². The molecule has 20 heavy (non-hydrogen) atoms. The van der Waals surface area contributed by atoms with Crippen molar-refractivity contribution in [3.63, 3.8) is 0 Å². The maximum atomic E-state index is 5.36. The van der Waals surface area contributed by atoms with Gasteiger partial charge >= 0.3 is 0 Å². The second-order valence-corrected chi connectivity index (χ2v) is 5.48. The number of hydrogen-bond donors (Lipinski definition) is 1. The lowest BCUT2D eigenvalue weighted by Crippen LogP contribution is -2.21. The number of aromatic nitrogens is 2. The molecule has 2 rings (SSSR count). The Kier molecular flexibility index (Phi) is 6.11. The fraction of sp³-hybridized carbons (Fsp3) is 0.467. The summed E-state index contributed by atoms with van der Waals surface area (Å²) in [6.45, 7) is 6.46. The fourth-order valence-electron chi connectivity index (χ4n) is 1.99. The van der Waals surface area contributed by atoms with Crippen LogP contribution >= 0.6 is 11.3 Å². The highest BCUT2D eigenvalue weighted by atomic mass is 32.1. The summed E-state index contributed by atoms with van der Waals surface area (Å²) >= 11 is 1.66. The van der Waals surface area contributed by atoms with Gasteiger partial charge in [0.25, 0.3) is 0 Å². The molecule has 108 valence electrons. The molecule has 0 aliphatic rings. The lowest BCUT2D eigenvalue weighted by Gasteiger charge is -2.14. The van der Waals surface area contributed by atoms with Gasteiger partial charge in [-0.1, -0.05) is 48.6 Å². The molecule has 0 aliphatic heterocycles. The summed E-state index contributed by atoms with van der Waals surface area (Å²) in [5, 5.41) is 14.1. The minimum Gasteiger partial charge on any atom is -0.381 e. The maximum Gasteiger partial charge on any atom is 0.139 e. The molecule has 5 heteroatoms. The highest BCUT2D eigenvalue weighted by molar-refractivity contribution is 7.11. The quantitative estimate of drug-likeness (QED) is 0.760. The van der Waals surface area contributed by atoms with Gasteiger partial charge in [-0.25, -0.2) is 0 Å². The third kappa shape index (κ3) is 4.10. The van der Waals surface area contributed by atoms with E-state index in [-0.39, 0.29) is 6.04 Å². The number of nitrogens with one attached hydrogen (secondary N) is 1. The van der Waals surface area contributed by atoms with Gasteiger partial charge in [0.05, 0.1) is 12.6 Å². The van der Waals surface area contributed by atoms with Gasteiger partial charge in [0.1, 0.15) is 10.0 Å². The lowest BCUT2D eigenvalue weighted by molar-refractivity contribution is 0.150. The summed E-state index contributed by atoms with van der Waals surface area (Å²) in [5.41, 5.74) is 1.22. The minimum atomic E-state index is 0.125. The van der Waals surface area contributed by atoms with Crippen molar-refractivity contribution in [3.8, 4) is 0 Å². The minimum absolute atomic E-state index is 0.125. The molecule has 0 saturated carbocycles. The monoisotopic (exact) mass is 291 g/mol. The number of ether oxygens (including phenoxy) is 1. The second kappa shape index (κ2) is 8.09. The summed E-state index contributed by atoms with van der Waals surface area (Å²) in [6, 6.07) is 10.5. The van der Waals surface area contributed by atoms with Crippen LogP contribution in [0.4, 0.5) is 0 Å². The molecule has 2 aromatic rings. The predicted octanol–water partition coefficient (Wildman–Crippen LogP) is 2.82. The van der Waals surface area contributed by atoms with Crippen LogP contribution in [0.25, 0.3) is 0 Å². The standard InChI is InChI=1S/C15H21N3OS/c1-3-16-14(12-8-6-5-7-9-12)15-18-17-13(20-15)10-11-19-4-2/h5-9,14,16H,3-4,10-11H2,1-2H3. The molecule has 1 atom stereocenters. The second-order valence-electron chi connectivity index (χ2n) is 4.38. The average Bonchev–Trinajstić information content (AvgIpc) is 2.94. The van der Waals surface area contributed by atoms with E-state index < -0.39 is 0 Å². The van der Waals surface area contributed by atoms with Crippen molar-refractivity contribution in [1.82, 2.24) is 15.5 Å². The largest absolute Gasteiger partial charge is 0.381 e. The van der Waals surface area contributed by atoms with E-state index >= 15 is 0 Å². The van der Waals surface area contributed by atoms with Crippen molar-refractivity contribution in [3.05, 3.63) is 45.9 Å². The van der Waals surface area contributed by atoms with Gasteiger partial charge in [0.2, 0.25) is 0 Å². The molecular weight excluding hydrogens is 270 g/mol. The van der Waals surface area contributed by atoms with Crippen LogP contribution in [0, 0.1) is 0 Å². The van der Waals surface area contributed by atoms with Gasteiger partial charge in [0.15, 0.2) is 0 Å². The van der Waals surface area contributed by atoms with E-state index in [4.69, 9.17) is 4.74 Å². The molecule has 1 N–H and O–H groups in total. The number of hydrogen-bond acceptors (Lipinski definition) is 5. The molecule has 4 nitrogen and oxygen atoms in total. The summed E-state index contributed by atoms with van der Waals surface area (Å²) < 4.78 is 5.36. The molecule has 0 bridgehead atoms. The Morgan fingerprint density at radius 2 is 2.00 bits per heavy atom. The molecule has 0 aliphatic carbocycles. The zero-order chi connectivity index (χ0) is 14.2. The van der Waals surface area contributed by atoms with E-state index in [0.717, 1.165) is 29.6 Å². The van der Waals surface area contributed by atoms with Crippen molar-refractivity contribution >= 4 is 11.3 Å². The number of benzene rings is 1.